The van der Waals surface area contributed by atoms with Crippen molar-refractivity contribution in [3.8, 4) is 17.0 Å². The molecular weight excluding hydrogens is 322 g/mol. The highest BCUT2D eigenvalue weighted by Gasteiger charge is 2.22. The molecule has 2 aromatic carbocycles. The van der Waals surface area contributed by atoms with E-state index in [-0.39, 0.29) is 0 Å². The Morgan fingerprint density at radius 2 is 1.85 bits per heavy atom. The fourth-order valence-electron chi connectivity index (χ4n) is 3.70. The van der Waals surface area contributed by atoms with E-state index in [0.717, 1.165) is 29.5 Å². The second-order valence-electron chi connectivity index (χ2n) is 6.62. The van der Waals surface area contributed by atoms with Crippen molar-refractivity contribution < 1.29 is 9.53 Å². The van der Waals surface area contributed by atoms with Gasteiger partial charge in [0.05, 0.1) is 11.2 Å². The van der Waals surface area contributed by atoms with Gasteiger partial charge < -0.3 is 9.14 Å². The normalized spacial score (nSPS) is 12.0. The monoisotopic (exact) mass is 339 g/mol. The lowest BCUT2D eigenvalue weighted by Gasteiger charge is -2.15. The molecule has 0 fully saturated rings. The fraction of sp³-hybridized carbons (Fsp3) is 0.0870. The van der Waals surface area contributed by atoms with Crippen LogP contribution in [0.4, 0.5) is 0 Å². The first-order valence-corrected chi connectivity index (χ1v) is 8.71. The molecule has 2 heterocycles. The lowest BCUT2D eigenvalue weighted by atomic mass is 9.95. The van der Waals surface area contributed by atoms with Crippen LogP contribution in [-0.4, -0.2) is 10.7 Å². The van der Waals surface area contributed by atoms with Crippen molar-refractivity contribution in [2.45, 2.75) is 13.0 Å². The summed E-state index contributed by atoms with van der Waals surface area (Å²) in [5.41, 5.74) is 7.74. The summed E-state index contributed by atoms with van der Waals surface area (Å²) in [6, 6.07) is 22.2. The first kappa shape index (κ1) is 15.0. The molecule has 0 saturated heterocycles. The van der Waals surface area contributed by atoms with Gasteiger partial charge in [-0.05, 0) is 47.0 Å². The smallest absolute Gasteiger partial charge is 0.150 e. The minimum Gasteiger partial charge on any atom is -0.489 e. The number of aromatic nitrogens is 1. The third kappa shape index (κ3) is 2.32. The number of ether oxygens (including phenoxy) is 1. The quantitative estimate of drug-likeness (QED) is 0.426. The Balaban J connectivity index is 1.49. The van der Waals surface area contributed by atoms with E-state index in [4.69, 9.17) is 4.74 Å². The first-order chi connectivity index (χ1) is 12.8. The summed E-state index contributed by atoms with van der Waals surface area (Å²) in [7, 11) is 0. The van der Waals surface area contributed by atoms with Gasteiger partial charge in [-0.25, -0.2) is 0 Å². The SMILES string of the molecule is O=Cc1cc(OCc2ccccc2)ccc1-c1cc2c3c(cccn13)C2. The average Bonchev–Trinajstić information content (AvgIpc) is 3.02. The van der Waals surface area contributed by atoms with Crippen LogP contribution in [0, 0.1) is 0 Å². The maximum atomic E-state index is 11.7. The number of carbonyl (C=O) groups excluding carboxylic acids is 1. The van der Waals surface area contributed by atoms with Gasteiger partial charge in [-0.3, -0.25) is 4.79 Å². The van der Waals surface area contributed by atoms with Crippen LogP contribution in [0.25, 0.3) is 16.8 Å². The van der Waals surface area contributed by atoms with Gasteiger partial charge in [0.25, 0.3) is 0 Å². The topological polar surface area (TPSA) is 30.7 Å². The summed E-state index contributed by atoms with van der Waals surface area (Å²) in [5, 5.41) is 0. The maximum absolute atomic E-state index is 11.7. The molecule has 1 aliphatic rings. The summed E-state index contributed by atoms with van der Waals surface area (Å²) in [4.78, 5) is 11.7. The molecule has 0 atom stereocenters. The zero-order valence-corrected chi connectivity index (χ0v) is 14.2. The largest absolute Gasteiger partial charge is 0.489 e. The molecule has 0 unspecified atom stereocenters. The van der Waals surface area contributed by atoms with Gasteiger partial charge >= 0.3 is 0 Å². The molecule has 3 heteroatoms. The van der Waals surface area contributed by atoms with E-state index in [2.05, 4.69) is 28.8 Å². The number of pyridine rings is 1. The van der Waals surface area contributed by atoms with Gasteiger partial charge in [-0.1, -0.05) is 36.4 Å². The van der Waals surface area contributed by atoms with Crippen molar-refractivity contribution in [1.82, 2.24) is 4.40 Å². The second-order valence-corrected chi connectivity index (χ2v) is 6.62. The van der Waals surface area contributed by atoms with Crippen LogP contribution in [0.15, 0.2) is 72.9 Å². The molecule has 1 aliphatic carbocycles. The Morgan fingerprint density at radius 1 is 0.962 bits per heavy atom. The Labute approximate surface area is 151 Å². The van der Waals surface area contributed by atoms with Crippen LogP contribution >= 0.6 is 0 Å². The van der Waals surface area contributed by atoms with E-state index in [1.54, 1.807) is 0 Å². The van der Waals surface area contributed by atoms with Crippen LogP contribution in [0.3, 0.4) is 0 Å². The number of hydrogen-bond acceptors (Lipinski definition) is 2. The molecule has 2 aromatic heterocycles. The highest BCUT2D eigenvalue weighted by molar-refractivity contribution is 5.90. The molecule has 0 saturated carbocycles. The van der Waals surface area contributed by atoms with Gasteiger partial charge in [0, 0.05) is 23.7 Å². The molecule has 26 heavy (non-hydrogen) atoms. The number of nitrogens with zero attached hydrogens (tertiary/aromatic N) is 1. The Hall–Kier alpha value is -3.33. The number of hydrogen-bond donors (Lipinski definition) is 0. The molecule has 3 nitrogen and oxygen atoms in total. The van der Waals surface area contributed by atoms with Gasteiger partial charge in [-0.2, -0.15) is 0 Å². The number of aldehydes is 1. The molecule has 0 spiro atoms. The standard InChI is InChI=1S/C23H17NO2/c25-14-19-12-20(26-15-16-5-2-1-3-6-16)8-9-21(19)22-13-18-11-17-7-4-10-24(22)23(17)18/h1-10,12-14H,11,15H2. The van der Waals surface area contributed by atoms with Crippen molar-refractivity contribution >= 4 is 11.8 Å². The summed E-state index contributed by atoms with van der Waals surface area (Å²) in [6.07, 6.45) is 3.98. The zero-order valence-electron chi connectivity index (χ0n) is 14.2. The maximum Gasteiger partial charge on any atom is 0.150 e. The highest BCUT2D eigenvalue weighted by atomic mass is 16.5. The minimum atomic E-state index is 0.486. The van der Waals surface area contributed by atoms with Gasteiger partial charge in [0.2, 0.25) is 0 Å². The number of rotatable bonds is 5. The minimum absolute atomic E-state index is 0.486. The number of benzene rings is 2. The molecule has 0 radical (unpaired) electrons. The van der Waals surface area contributed by atoms with Crippen molar-refractivity contribution in [1.29, 1.82) is 0 Å². The summed E-state index contributed by atoms with van der Waals surface area (Å²) < 4.78 is 8.04. The third-order valence-electron chi connectivity index (χ3n) is 5.01. The van der Waals surface area contributed by atoms with Crippen LogP contribution in [0.2, 0.25) is 0 Å². The molecule has 0 amide bonds. The molecule has 0 bridgehead atoms. The van der Waals surface area contributed by atoms with E-state index in [1.807, 2.05) is 48.5 Å². The summed E-state index contributed by atoms with van der Waals surface area (Å²) in [5.74, 6) is 0.705. The molecule has 4 aromatic rings. The lowest BCUT2D eigenvalue weighted by molar-refractivity contribution is 0.112. The fourth-order valence-corrected chi connectivity index (χ4v) is 3.70. The van der Waals surface area contributed by atoms with Gasteiger partial charge in [-0.15, -0.1) is 0 Å². The molecule has 0 N–H and O–H groups in total. The molecule has 126 valence electrons. The lowest BCUT2D eigenvalue weighted by Crippen LogP contribution is -2.02. The average molecular weight is 339 g/mol. The van der Waals surface area contributed by atoms with E-state index >= 15 is 0 Å². The highest BCUT2D eigenvalue weighted by Crippen LogP contribution is 2.37. The number of carbonyl (C=O) groups is 1. The van der Waals surface area contributed by atoms with Crippen molar-refractivity contribution in [3.05, 3.63) is 95.2 Å². The van der Waals surface area contributed by atoms with Crippen LogP contribution in [-0.2, 0) is 13.0 Å². The molecule has 5 rings (SSSR count). The Bertz CT molecular complexity index is 1130. The van der Waals surface area contributed by atoms with Crippen LogP contribution in [0.1, 0.15) is 27.0 Å². The zero-order chi connectivity index (χ0) is 17.5. The second kappa shape index (κ2) is 5.88. The molecular formula is C23H17NO2. The van der Waals surface area contributed by atoms with E-state index < -0.39 is 0 Å². The Morgan fingerprint density at radius 3 is 2.69 bits per heavy atom. The summed E-state index contributed by atoms with van der Waals surface area (Å²) in [6.45, 7) is 0.486. The van der Waals surface area contributed by atoms with Crippen LogP contribution in [0.5, 0.6) is 5.75 Å². The predicted molar refractivity (Wildman–Crippen MR) is 102 cm³/mol. The summed E-state index contributed by atoms with van der Waals surface area (Å²) >= 11 is 0. The third-order valence-corrected chi connectivity index (χ3v) is 5.01. The van der Waals surface area contributed by atoms with E-state index in [0.29, 0.717) is 17.9 Å². The van der Waals surface area contributed by atoms with Crippen molar-refractivity contribution in [2.24, 2.45) is 0 Å². The van der Waals surface area contributed by atoms with Crippen LogP contribution < -0.4 is 4.74 Å². The van der Waals surface area contributed by atoms with E-state index in [1.165, 1.54) is 16.6 Å². The van der Waals surface area contributed by atoms with Crippen molar-refractivity contribution in [3.63, 3.8) is 0 Å². The first-order valence-electron chi connectivity index (χ1n) is 8.71. The van der Waals surface area contributed by atoms with Gasteiger partial charge in [0.1, 0.15) is 12.4 Å². The van der Waals surface area contributed by atoms with E-state index in [9.17, 15) is 4.79 Å². The van der Waals surface area contributed by atoms with Gasteiger partial charge in [0.15, 0.2) is 6.29 Å². The molecule has 0 aliphatic heterocycles. The predicted octanol–water partition coefficient (Wildman–Crippen LogP) is 4.90. The Kier molecular flexibility index (Phi) is 3.39. The van der Waals surface area contributed by atoms with Crippen molar-refractivity contribution in [2.75, 3.05) is 0 Å².